The molecular weight excluding hydrogens is 254 g/mol. The summed E-state index contributed by atoms with van der Waals surface area (Å²) in [6.45, 7) is 13.4. The molecule has 0 aromatic rings. The van der Waals surface area contributed by atoms with Gasteiger partial charge < -0.3 is 23.3 Å². The normalized spacial score (nSPS) is 10.2. The lowest BCUT2D eigenvalue weighted by Crippen LogP contribution is -3.00. The molecule has 0 aromatic carbocycles. The molecule has 0 radical (unpaired) electrons. The van der Waals surface area contributed by atoms with Crippen LogP contribution < -0.4 is 18.6 Å². The van der Waals surface area contributed by atoms with E-state index in [1.807, 2.05) is 0 Å². The highest BCUT2D eigenvalue weighted by atomic mass is 35.5. The van der Waals surface area contributed by atoms with Gasteiger partial charge in [0.2, 0.25) is 0 Å². The van der Waals surface area contributed by atoms with Gasteiger partial charge in [0, 0.05) is 14.1 Å². The standard InChI is InChI=1S/C12H24O2Si.ClH.H3N/c1-6-12(13)14-9-7-8-10-15(4,5)11(2)3;;/h6,11H,1,7-10H2,2-5H3;1H;1H3. The number of rotatable bonds is 7. The van der Waals surface area contributed by atoms with Crippen molar-refractivity contribution in [2.24, 2.45) is 0 Å². The second kappa shape index (κ2) is 10.8. The summed E-state index contributed by atoms with van der Waals surface area (Å²) in [4.78, 5) is 10.7. The van der Waals surface area contributed by atoms with E-state index >= 15 is 0 Å². The minimum atomic E-state index is -1.03. The van der Waals surface area contributed by atoms with Crippen LogP contribution in [0.1, 0.15) is 26.7 Å². The molecule has 4 N–H and O–H groups in total. The van der Waals surface area contributed by atoms with Gasteiger partial charge in [-0.15, -0.1) is 0 Å². The van der Waals surface area contributed by atoms with E-state index < -0.39 is 8.07 Å². The number of esters is 1. The van der Waals surface area contributed by atoms with Crippen molar-refractivity contribution in [3.63, 3.8) is 0 Å². The van der Waals surface area contributed by atoms with Crippen molar-refractivity contribution in [3.05, 3.63) is 12.7 Å². The zero-order valence-corrected chi connectivity index (χ0v) is 13.6. The lowest BCUT2D eigenvalue weighted by Gasteiger charge is -2.26. The molecule has 0 saturated carbocycles. The van der Waals surface area contributed by atoms with Crippen molar-refractivity contribution in [1.29, 1.82) is 0 Å². The van der Waals surface area contributed by atoms with E-state index in [0.29, 0.717) is 6.61 Å². The predicted octanol–water partition coefficient (Wildman–Crippen LogP) is 0.994. The minimum Gasteiger partial charge on any atom is -1.00 e. The van der Waals surface area contributed by atoms with Crippen LogP contribution in [0, 0.1) is 0 Å². The second-order valence-electron chi connectivity index (χ2n) is 4.97. The topological polar surface area (TPSA) is 62.8 Å². The van der Waals surface area contributed by atoms with Crippen LogP contribution in [0.15, 0.2) is 12.7 Å². The number of quaternary nitrogens is 1. The molecule has 0 bridgehead atoms. The van der Waals surface area contributed by atoms with Gasteiger partial charge in [-0.25, -0.2) is 4.79 Å². The van der Waals surface area contributed by atoms with Crippen molar-refractivity contribution >= 4 is 14.0 Å². The first kappa shape index (κ1) is 21.9. The number of carbonyl (C=O) groups is 1. The molecule has 0 aliphatic heterocycles. The van der Waals surface area contributed by atoms with E-state index in [0.717, 1.165) is 12.0 Å². The Morgan fingerprint density at radius 2 is 1.88 bits per heavy atom. The summed E-state index contributed by atoms with van der Waals surface area (Å²) in [7, 11) is -1.03. The van der Waals surface area contributed by atoms with Gasteiger partial charge in [0.15, 0.2) is 0 Å². The average Bonchev–Trinajstić information content (AvgIpc) is 2.16. The van der Waals surface area contributed by atoms with Crippen LogP contribution in [0.5, 0.6) is 0 Å². The first-order valence-corrected chi connectivity index (χ1v) is 8.98. The summed E-state index contributed by atoms with van der Waals surface area (Å²) >= 11 is 0. The molecule has 0 heterocycles. The number of halogens is 1. The van der Waals surface area contributed by atoms with E-state index in [4.69, 9.17) is 4.74 Å². The van der Waals surface area contributed by atoms with Crippen molar-refractivity contribution in [1.82, 2.24) is 6.15 Å². The third kappa shape index (κ3) is 10.5. The van der Waals surface area contributed by atoms with Gasteiger partial charge in [-0.2, -0.15) is 0 Å². The first-order valence-electron chi connectivity index (χ1n) is 5.69. The summed E-state index contributed by atoms with van der Waals surface area (Å²) in [5.41, 5.74) is 0.827. The lowest BCUT2D eigenvalue weighted by molar-refractivity contribution is -0.137. The molecule has 0 unspecified atom stereocenters. The van der Waals surface area contributed by atoms with Crippen LogP contribution in [0.3, 0.4) is 0 Å². The molecule has 0 aliphatic carbocycles. The maximum absolute atomic E-state index is 10.7. The molecule has 0 amide bonds. The highest BCUT2D eigenvalue weighted by molar-refractivity contribution is 6.78. The Morgan fingerprint density at radius 1 is 1.35 bits per heavy atom. The molecule has 5 heteroatoms. The maximum atomic E-state index is 10.7. The molecule has 0 fully saturated rings. The largest absolute Gasteiger partial charge is 1.00 e. The Bertz CT molecular complexity index is 221. The summed E-state index contributed by atoms with van der Waals surface area (Å²) in [6, 6.07) is 1.32. The second-order valence-corrected chi connectivity index (χ2v) is 10.6. The van der Waals surface area contributed by atoms with E-state index in [2.05, 4.69) is 33.5 Å². The fraction of sp³-hybridized carbons (Fsp3) is 0.750. The highest BCUT2D eigenvalue weighted by Crippen LogP contribution is 2.26. The molecule has 0 rings (SSSR count). The van der Waals surface area contributed by atoms with Gasteiger partial charge in [-0.05, 0) is 6.42 Å². The molecule has 0 aliphatic rings. The quantitative estimate of drug-likeness (QED) is 0.327. The van der Waals surface area contributed by atoms with Crippen LogP contribution >= 0.6 is 0 Å². The third-order valence-corrected chi connectivity index (χ3v) is 7.96. The van der Waals surface area contributed by atoms with Crippen molar-refractivity contribution < 1.29 is 21.9 Å². The Kier molecular flexibility index (Phi) is 13.9. The smallest absolute Gasteiger partial charge is 0.330 e. The van der Waals surface area contributed by atoms with Gasteiger partial charge in [0.05, 0.1) is 6.61 Å². The average molecular weight is 282 g/mol. The van der Waals surface area contributed by atoms with E-state index in [9.17, 15) is 4.79 Å². The van der Waals surface area contributed by atoms with Crippen LogP contribution in [-0.4, -0.2) is 20.7 Å². The molecule has 0 aromatic heterocycles. The predicted molar refractivity (Wildman–Crippen MR) is 73.8 cm³/mol. The summed E-state index contributed by atoms with van der Waals surface area (Å²) in [6.07, 6.45) is 3.36. The summed E-state index contributed by atoms with van der Waals surface area (Å²) < 4.78 is 4.92. The Balaban J connectivity index is -0.000000980. The van der Waals surface area contributed by atoms with Gasteiger partial charge >= 0.3 is 5.97 Å². The zero-order chi connectivity index (χ0) is 11.9. The molecule has 0 saturated heterocycles. The molecule has 0 atom stereocenters. The van der Waals surface area contributed by atoms with Crippen LogP contribution in [0.2, 0.25) is 24.7 Å². The molecule has 104 valence electrons. The summed E-state index contributed by atoms with van der Waals surface area (Å²) in [5, 5.41) is 0. The Hall–Kier alpha value is -0.323. The van der Waals surface area contributed by atoms with Gasteiger partial charge in [0.25, 0.3) is 0 Å². The highest BCUT2D eigenvalue weighted by Gasteiger charge is 2.23. The van der Waals surface area contributed by atoms with E-state index in [-0.39, 0.29) is 24.5 Å². The fourth-order valence-corrected chi connectivity index (χ4v) is 2.94. The Labute approximate surface area is 113 Å². The third-order valence-electron chi connectivity index (χ3n) is 3.19. The van der Waals surface area contributed by atoms with Crippen LogP contribution in [-0.2, 0) is 9.53 Å². The number of hydrogen-bond acceptors (Lipinski definition) is 2. The monoisotopic (exact) mass is 281 g/mol. The number of unbranched alkanes of at least 4 members (excludes halogenated alkanes) is 1. The minimum absolute atomic E-state index is 0. The molecule has 3 nitrogen and oxygen atoms in total. The number of hydrogen-bond donors (Lipinski definition) is 1. The zero-order valence-electron chi connectivity index (χ0n) is 11.9. The van der Waals surface area contributed by atoms with Crippen molar-refractivity contribution in [2.45, 2.75) is 51.4 Å². The Morgan fingerprint density at radius 3 is 2.29 bits per heavy atom. The van der Waals surface area contributed by atoms with Gasteiger partial charge in [-0.3, -0.25) is 0 Å². The molecular formula is C12H28ClNO2Si. The van der Waals surface area contributed by atoms with Crippen LogP contribution in [0.25, 0.3) is 0 Å². The summed E-state index contributed by atoms with van der Waals surface area (Å²) in [5.74, 6) is -0.310. The van der Waals surface area contributed by atoms with Crippen molar-refractivity contribution in [3.8, 4) is 0 Å². The van der Waals surface area contributed by atoms with Gasteiger partial charge in [0.1, 0.15) is 0 Å². The van der Waals surface area contributed by atoms with Crippen LogP contribution in [0.4, 0.5) is 0 Å². The molecule has 17 heavy (non-hydrogen) atoms. The SMILES string of the molecule is C=CC(=O)OCCCC[Si](C)(C)C(C)C.[Cl-].[NH4+]. The molecule has 0 spiro atoms. The number of ether oxygens (including phenoxy) is 1. The van der Waals surface area contributed by atoms with Crippen molar-refractivity contribution in [2.75, 3.05) is 6.61 Å². The maximum Gasteiger partial charge on any atom is 0.330 e. The van der Waals surface area contributed by atoms with E-state index in [1.54, 1.807) is 0 Å². The van der Waals surface area contributed by atoms with E-state index in [1.165, 1.54) is 18.5 Å². The van der Waals surface area contributed by atoms with Gasteiger partial charge in [-0.1, -0.05) is 51.5 Å². The number of carbonyl (C=O) groups excluding carboxylic acids is 1. The lowest BCUT2D eigenvalue weighted by atomic mass is 10.3. The first-order chi connectivity index (χ1) is 6.90. The fourth-order valence-electron chi connectivity index (χ4n) is 1.20.